The molecule has 0 fully saturated rings. The number of nitrogens with zero attached hydrogens (tertiary/aromatic N) is 2. The number of aryl methyl sites for hydroxylation is 1. The van der Waals surface area contributed by atoms with Gasteiger partial charge in [-0.1, -0.05) is 41.4 Å². The van der Waals surface area contributed by atoms with Gasteiger partial charge in [0.15, 0.2) is 0 Å². The lowest BCUT2D eigenvalue weighted by Gasteiger charge is -2.25. The minimum atomic E-state index is -0.554. The maximum atomic E-state index is 12.4. The predicted molar refractivity (Wildman–Crippen MR) is 98.0 cm³/mol. The fourth-order valence-electron chi connectivity index (χ4n) is 2.47. The molecule has 0 heterocycles. The van der Waals surface area contributed by atoms with Crippen LogP contribution in [0.3, 0.4) is 0 Å². The van der Waals surface area contributed by atoms with Gasteiger partial charge in [0.25, 0.3) is 11.6 Å². The van der Waals surface area contributed by atoms with Gasteiger partial charge < -0.3 is 10.2 Å². The van der Waals surface area contributed by atoms with E-state index in [-0.39, 0.29) is 22.3 Å². The van der Waals surface area contributed by atoms with Crippen molar-refractivity contribution in [3.8, 4) is 0 Å². The topological polar surface area (TPSA) is 75.5 Å². The number of halogens is 1. The Morgan fingerprint density at radius 2 is 1.88 bits per heavy atom. The van der Waals surface area contributed by atoms with E-state index in [1.165, 1.54) is 18.2 Å². The van der Waals surface area contributed by atoms with Crippen LogP contribution < -0.4 is 5.32 Å². The lowest BCUT2D eigenvalue weighted by molar-refractivity contribution is -0.384. The summed E-state index contributed by atoms with van der Waals surface area (Å²) < 4.78 is 0. The number of amides is 1. The van der Waals surface area contributed by atoms with Gasteiger partial charge in [-0.25, -0.2) is 0 Å². The molecule has 0 radical (unpaired) electrons. The van der Waals surface area contributed by atoms with E-state index in [9.17, 15) is 14.9 Å². The molecule has 25 heavy (non-hydrogen) atoms. The van der Waals surface area contributed by atoms with Gasteiger partial charge in [0, 0.05) is 18.7 Å². The first-order valence-electron chi connectivity index (χ1n) is 7.74. The Hall–Kier alpha value is -2.44. The number of nitro groups is 1. The average Bonchev–Trinajstić information content (AvgIpc) is 2.56. The highest BCUT2D eigenvalue weighted by Crippen LogP contribution is 2.23. The molecule has 1 amide bonds. The Bertz CT molecular complexity index is 776. The number of rotatable bonds is 6. The SMILES string of the molecule is Cc1ccc(C(CNC(=O)c2cc([N+](=O)[O-])ccc2Cl)N(C)C)cc1. The summed E-state index contributed by atoms with van der Waals surface area (Å²) in [7, 11) is 3.86. The fraction of sp³-hybridized carbons (Fsp3) is 0.278. The van der Waals surface area contributed by atoms with Crippen molar-refractivity contribution in [3.63, 3.8) is 0 Å². The average molecular weight is 362 g/mol. The number of hydrogen-bond donors (Lipinski definition) is 1. The molecular formula is C18H20ClN3O3. The molecule has 7 heteroatoms. The summed E-state index contributed by atoms with van der Waals surface area (Å²) >= 11 is 6.01. The van der Waals surface area contributed by atoms with Crippen LogP contribution in [0.2, 0.25) is 5.02 Å². The smallest absolute Gasteiger partial charge is 0.270 e. The van der Waals surface area contributed by atoms with E-state index >= 15 is 0 Å². The van der Waals surface area contributed by atoms with Gasteiger partial charge in [-0.05, 0) is 32.6 Å². The van der Waals surface area contributed by atoms with Crippen LogP contribution in [-0.2, 0) is 0 Å². The number of hydrogen-bond acceptors (Lipinski definition) is 4. The molecule has 0 aromatic heterocycles. The van der Waals surface area contributed by atoms with E-state index in [0.717, 1.165) is 11.1 Å². The zero-order valence-corrected chi connectivity index (χ0v) is 15.1. The first-order valence-corrected chi connectivity index (χ1v) is 8.12. The number of carbonyl (C=O) groups excluding carboxylic acids is 1. The summed E-state index contributed by atoms with van der Waals surface area (Å²) in [6, 6.07) is 11.9. The quantitative estimate of drug-likeness (QED) is 0.630. The fourth-order valence-corrected chi connectivity index (χ4v) is 2.68. The van der Waals surface area contributed by atoms with Crippen molar-refractivity contribution in [1.82, 2.24) is 10.2 Å². The molecule has 0 aliphatic heterocycles. The summed E-state index contributed by atoms with van der Waals surface area (Å²) in [4.78, 5) is 24.7. The van der Waals surface area contributed by atoms with E-state index in [1.54, 1.807) is 0 Å². The van der Waals surface area contributed by atoms with Crippen LogP contribution in [0.15, 0.2) is 42.5 Å². The monoisotopic (exact) mass is 361 g/mol. The molecule has 0 aliphatic carbocycles. The second-order valence-electron chi connectivity index (χ2n) is 6.02. The van der Waals surface area contributed by atoms with Gasteiger partial charge in [-0.3, -0.25) is 14.9 Å². The molecule has 0 aliphatic rings. The van der Waals surface area contributed by atoms with Crippen molar-refractivity contribution in [2.75, 3.05) is 20.6 Å². The molecule has 0 saturated carbocycles. The predicted octanol–water partition coefficient (Wildman–Crippen LogP) is 3.59. The van der Waals surface area contributed by atoms with Crippen molar-refractivity contribution in [2.45, 2.75) is 13.0 Å². The Balaban J connectivity index is 2.15. The summed E-state index contributed by atoms with van der Waals surface area (Å²) in [6.45, 7) is 2.37. The van der Waals surface area contributed by atoms with E-state index in [2.05, 4.69) is 5.32 Å². The normalized spacial score (nSPS) is 12.0. The van der Waals surface area contributed by atoms with E-state index < -0.39 is 10.8 Å². The highest BCUT2D eigenvalue weighted by Gasteiger charge is 2.19. The van der Waals surface area contributed by atoms with Crippen LogP contribution in [-0.4, -0.2) is 36.4 Å². The first kappa shape index (κ1) is 18.9. The highest BCUT2D eigenvalue weighted by molar-refractivity contribution is 6.33. The van der Waals surface area contributed by atoms with E-state index in [4.69, 9.17) is 11.6 Å². The molecule has 6 nitrogen and oxygen atoms in total. The van der Waals surface area contributed by atoms with Crippen molar-refractivity contribution in [2.24, 2.45) is 0 Å². The van der Waals surface area contributed by atoms with Crippen LogP contribution >= 0.6 is 11.6 Å². The molecule has 0 bridgehead atoms. The zero-order valence-electron chi connectivity index (χ0n) is 14.3. The second-order valence-corrected chi connectivity index (χ2v) is 6.43. The molecule has 0 spiro atoms. The van der Waals surface area contributed by atoms with Crippen LogP contribution in [0.5, 0.6) is 0 Å². The minimum Gasteiger partial charge on any atom is -0.350 e. The summed E-state index contributed by atoms with van der Waals surface area (Å²) in [5.74, 6) is -0.437. The summed E-state index contributed by atoms with van der Waals surface area (Å²) in [6.07, 6.45) is 0. The van der Waals surface area contributed by atoms with Gasteiger partial charge in [-0.15, -0.1) is 0 Å². The lowest BCUT2D eigenvalue weighted by atomic mass is 10.0. The molecular weight excluding hydrogens is 342 g/mol. The third kappa shape index (κ3) is 4.78. The summed E-state index contributed by atoms with van der Waals surface area (Å²) in [5, 5.41) is 13.9. The standard InChI is InChI=1S/C18H20ClN3O3/c1-12-4-6-13(7-5-12)17(21(2)3)11-20-18(23)15-10-14(22(24)25)8-9-16(15)19/h4-10,17H,11H2,1-3H3,(H,20,23). The largest absolute Gasteiger partial charge is 0.350 e. The number of nitrogens with one attached hydrogen (secondary N) is 1. The van der Waals surface area contributed by atoms with Crippen LogP contribution in [0.1, 0.15) is 27.5 Å². The van der Waals surface area contributed by atoms with Gasteiger partial charge in [-0.2, -0.15) is 0 Å². The first-order chi connectivity index (χ1) is 11.8. The minimum absolute atomic E-state index is 0.0259. The van der Waals surface area contributed by atoms with Gasteiger partial charge >= 0.3 is 0 Å². The number of benzene rings is 2. The number of nitro benzene ring substituents is 1. The molecule has 1 atom stereocenters. The van der Waals surface area contributed by atoms with Crippen LogP contribution in [0.4, 0.5) is 5.69 Å². The van der Waals surface area contributed by atoms with Crippen LogP contribution in [0.25, 0.3) is 0 Å². The molecule has 2 rings (SSSR count). The summed E-state index contributed by atoms with van der Waals surface area (Å²) in [5.41, 5.74) is 2.16. The van der Waals surface area contributed by atoms with Gasteiger partial charge in [0.05, 0.1) is 21.6 Å². The zero-order chi connectivity index (χ0) is 18.6. The van der Waals surface area contributed by atoms with Crippen LogP contribution in [0, 0.1) is 17.0 Å². The number of likely N-dealkylation sites (N-methyl/N-ethyl adjacent to an activating group) is 1. The third-order valence-electron chi connectivity index (χ3n) is 3.95. The molecule has 2 aromatic rings. The molecule has 132 valence electrons. The maximum absolute atomic E-state index is 12.4. The second kappa shape index (κ2) is 8.09. The Morgan fingerprint density at radius 3 is 2.44 bits per heavy atom. The Labute approximate surface area is 151 Å². The van der Waals surface area contributed by atoms with Crippen molar-refractivity contribution >= 4 is 23.2 Å². The van der Waals surface area contributed by atoms with Crippen molar-refractivity contribution in [1.29, 1.82) is 0 Å². The number of non-ortho nitro benzene ring substituents is 1. The van der Waals surface area contributed by atoms with Crippen molar-refractivity contribution in [3.05, 3.63) is 74.3 Å². The maximum Gasteiger partial charge on any atom is 0.270 e. The third-order valence-corrected chi connectivity index (χ3v) is 4.28. The highest BCUT2D eigenvalue weighted by atomic mass is 35.5. The Kier molecular flexibility index (Phi) is 6.12. The molecule has 1 unspecified atom stereocenters. The Morgan fingerprint density at radius 1 is 1.24 bits per heavy atom. The van der Waals surface area contributed by atoms with Gasteiger partial charge in [0.1, 0.15) is 0 Å². The van der Waals surface area contributed by atoms with E-state index in [1.807, 2.05) is 50.2 Å². The molecule has 2 aromatic carbocycles. The van der Waals surface area contributed by atoms with Gasteiger partial charge in [0.2, 0.25) is 0 Å². The molecule has 1 N–H and O–H groups in total. The molecule has 0 saturated heterocycles. The van der Waals surface area contributed by atoms with E-state index in [0.29, 0.717) is 6.54 Å². The van der Waals surface area contributed by atoms with Crippen molar-refractivity contribution < 1.29 is 9.72 Å². The lowest BCUT2D eigenvalue weighted by Crippen LogP contribution is -2.34. The number of carbonyl (C=O) groups is 1.